The van der Waals surface area contributed by atoms with Crippen molar-refractivity contribution in [2.45, 2.75) is 395 Å². The molecule has 96 heavy (non-hydrogen) atoms. The first-order valence-electron chi connectivity index (χ1n) is 37.5. The first-order valence-corrected chi connectivity index (χ1v) is 39.0. The van der Waals surface area contributed by atoms with E-state index in [0.29, 0.717) is 19.3 Å². The number of ether oxygens (including phenoxy) is 7. The quantitative estimate of drug-likeness (QED) is 0.00886. The molecule has 11 N–H and O–H groups in total. The van der Waals surface area contributed by atoms with Gasteiger partial charge in [-0.25, -0.2) is 4.57 Å². The van der Waals surface area contributed by atoms with Gasteiger partial charge in [0.1, 0.15) is 98.7 Å². The van der Waals surface area contributed by atoms with Gasteiger partial charge in [-0.05, 0) is 44.9 Å². The summed E-state index contributed by atoms with van der Waals surface area (Å²) in [5.41, 5.74) is 0. The molecule has 3 fully saturated rings. The number of esters is 3. The minimum absolute atomic E-state index is 0.0278. The third-order valence-electron chi connectivity index (χ3n) is 18.5. The molecule has 564 valence electrons. The Kier molecular flexibility index (Phi) is 49.0. The van der Waals surface area contributed by atoms with Crippen molar-refractivity contribution in [1.29, 1.82) is 0 Å². The van der Waals surface area contributed by atoms with Crippen LogP contribution in [0.4, 0.5) is 0 Å². The number of aliphatic hydroxyl groups excluding tert-OH is 10. The van der Waals surface area contributed by atoms with Crippen LogP contribution in [0.25, 0.3) is 0 Å². The summed E-state index contributed by atoms with van der Waals surface area (Å²) >= 11 is 0. The van der Waals surface area contributed by atoms with Crippen molar-refractivity contribution in [3.05, 3.63) is 12.2 Å². The summed E-state index contributed by atoms with van der Waals surface area (Å²) in [5, 5.41) is 110. The van der Waals surface area contributed by atoms with Crippen LogP contribution in [-0.4, -0.2) is 204 Å². The van der Waals surface area contributed by atoms with Crippen molar-refractivity contribution in [3.63, 3.8) is 0 Å². The van der Waals surface area contributed by atoms with Crippen molar-refractivity contribution >= 4 is 25.7 Å². The van der Waals surface area contributed by atoms with Gasteiger partial charge in [0.05, 0.1) is 13.2 Å². The van der Waals surface area contributed by atoms with Crippen LogP contribution in [0, 0.1) is 0 Å². The van der Waals surface area contributed by atoms with Crippen LogP contribution in [0.2, 0.25) is 0 Å². The average molecular weight is 1400 g/mol. The third-order valence-corrected chi connectivity index (χ3v) is 19.5. The fourth-order valence-electron chi connectivity index (χ4n) is 12.4. The molecular formula is C71H131O24P. The van der Waals surface area contributed by atoms with E-state index in [-0.39, 0.29) is 19.3 Å². The van der Waals surface area contributed by atoms with Crippen molar-refractivity contribution in [2.24, 2.45) is 0 Å². The molecule has 18 atom stereocenters. The number of allylic oxidation sites excluding steroid dienone is 2. The summed E-state index contributed by atoms with van der Waals surface area (Å²) in [4.78, 5) is 50.9. The molecule has 0 amide bonds. The number of aliphatic hydroxyl groups is 10. The summed E-state index contributed by atoms with van der Waals surface area (Å²) in [6.07, 6.45) is 11.4. The number of hydrogen-bond donors (Lipinski definition) is 11. The van der Waals surface area contributed by atoms with Gasteiger partial charge in [-0.3, -0.25) is 23.4 Å². The number of carbonyl (C=O) groups excluding carboxylic acids is 3. The van der Waals surface area contributed by atoms with Gasteiger partial charge in [0.25, 0.3) is 0 Å². The molecule has 0 aromatic rings. The van der Waals surface area contributed by atoms with Gasteiger partial charge in [-0.15, -0.1) is 0 Å². The Bertz CT molecular complexity index is 2040. The molecule has 0 bridgehead atoms. The highest BCUT2D eigenvalue weighted by Gasteiger charge is 2.58. The molecule has 2 aliphatic heterocycles. The Hall–Kier alpha value is -2.30. The molecule has 2 heterocycles. The molecule has 0 aromatic carbocycles. The summed E-state index contributed by atoms with van der Waals surface area (Å²) in [6.45, 7) is 3.43. The summed E-state index contributed by atoms with van der Waals surface area (Å²) in [5.74, 6) is -2.00. The van der Waals surface area contributed by atoms with E-state index >= 15 is 0 Å². The first-order chi connectivity index (χ1) is 46.3. The van der Waals surface area contributed by atoms with E-state index in [2.05, 4.69) is 32.9 Å². The molecule has 3 aliphatic rings. The van der Waals surface area contributed by atoms with Gasteiger partial charge in [0.2, 0.25) is 0 Å². The molecule has 0 aromatic heterocycles. The second kappa shape index (κ2) is 53.5. The number of carbonyl (C=O) groups is 3. The van der Waals surface area contributed by atoms with E-state index < -0.39 is 156 Å². The number of rotatable bonds is 58. The lowest BCUT2D eigenvalue weighted by Crippen LogP contribution is -2.69. The van der Waals surface area contributed by atoms with E-state index in [1.807, 2.05) is 0 Å². The minimum atomic E-state index is -5.69. The van der Waals surface area contributed by atoms with E-state index in [1.54, 1.807) is 0 Å². The lowest BCUT2D eigenvalue weighted by atomic mass is 9.84. The second-order valence-electron chi connectivity index (χ2n) is 27.0. The summed E-state index contributed by atoms with van der Waals surface area (Å²) < 4.78 is 64.9. The Morgan fingerprint density at radius 1 is 0.396 bits per heavy atom. The Morgan fingerprint density at radius 3 is 1.14 bits per heavy atom. The van der Waals surface area contributed by atoms with Crippen molar-refractivity contribution in [3.8, 4) is 0 Å². The smallest absolute Gasteiger partial charge is 0.463 e. The van der Waals surface area contributed by atoms with E-state index in [0.717, 1.165) is 96.3 Å². The predicted molar refractivity (Wildman–Crippen MR) is 361 cm³/mol. The molecule has 18 unspecified atom stereocenters. The fraction of sp³-hybridized carbons (Fsp3) is 0.930. The molecule has 0 spiro atoms. The van der Waals surface area contributed by atoms with Crippen LogP contribution in [0.3, 0.4) is 0 Å². The topological polar surface area (TPSA) is 374 Å². The van der Waals surface area contributed by atoms with Crippen LogP contribution < -0.4 is 0 Å². The Labute approximate surface area is 573 Å². The van der Waals surface area contributed by atoms with E-state index in [1.165, 1.54) is 135 Å². The molecule has 3 rings (SSSR count). The van der Waals surface area contributed by atoms with Crippen molar-refractivity contribution in [2.75, 3.05) is 26.4 Å². The molecule has 24 nitrogen and oxygen atoms in total. The monoisotopic (exact) mass is 1400 g/mol. The highest BCUT2D eigenvalue weighted by atomic mass is 31.2. The fourth-order valence-corrected chi connectivity index (χ4v) is 13.4. The van der Waals surface area contributed by atoms with Crippen molar-refractivity contribution in [1.82, 2.24) is 0 Å². The highest BCUT2D eigenvalue weighted by molar-refractivity contribution is 7.47. The molecule has 25 heteroatoms. The molecule has 1 aliphatic carbocycles. The zero-order valence-electron chi connectivity index (χ0n) is 58.7. The van der Waals surface area contributed by atoms with Gasteiger partial charge in [0.15, 0.2) is 18.7 Å². The average Bonchev–Trinajstić information content (AvgIpc) is 0.767. The minimum Gasteiger partial charge on any atom is -0.463 e. The summed E-state index contributed by atoms with van der Waals surface area (Å²) in [6, 6.07) is 0. The SMILES string of the molecule is CCCCCCCCC/C=C\CCCCCC(=O)OCC(COP(=O)(O)OC1C(OC2OC(CO)C(O)C(O)C2O)C(O)C(O)C(O)C1OC1OC(COC(=O)CCCCCCCCCCCCCCCCC)C(O)C(O)C1O)OC(=O)CCCCCCCCCCCCCC. The number of phosphoric ester groups is 1. The number of phosphoric acid groups is 1. The third kappa shape index (κ3) is 36.5. The lowest BCUT2D eigenvalue weighted by molar-refractivity contribution is -0.360. The van der Waals surface area contributed by atoms with Crippen molar-refractivity contribution < 1.29 is 117 Å². The maximum atomic E-state index is 14.3. The Balaban J connectivity index is 1.73. The van der Waals surface area contributed by atoms with Crippen LogP contribution in [0.15, 0.2) is 12.2 Å². The normalized spacial score (nSPS) is 28.0. The van der Waals surface area contributed by atoms with E-state index in [9.17, 15) is 74.9 Å². The number of hydrogen-bond acceptors (Lipinski definition) is 23. The lowest BCUT2D eigenvalue weighted by Gasteiger charge is -2.49. The zero-order chi connectivity index (χ0) is 70.4. The largest absolute Gasteiger partial charge is 0.472 e. The highest BCUT2D eigenvalue weighted by Crippen LogP contribution is 2.49. The van der Waals surface area contributed by atoms with Gasteiger partial charge < -0.3 is 89.1 Å². The van der Waals surface area contributed by atoms with Crippen LogP contribution in [0.1, 0.15) is 290 Å². The molecule has 2 saturated heterocycles. The Morgan fingerprint density at radius 2 is 0.729 bits per heavy atom. The van der Waals surface area contributed by atoms with Gasteiger partial charge in [0, 0.05) is 19.3 Å². The standard InChI is InChI=1S/C71H131O24P/c1-4-7-10-13-16-19-22-25-27-29-32-34-37-40-43-46-56(74)88-51-54-59(77)61(79)66(84)71(92-54)94-68-64(82)62(80)63(81)67(93-70-65(83)60(78)58(76)53(48-72)91-70)69(68)95-96(85,86)89-50-52(90-57(75)47-44-41-38-35-30-24-21-18-15-12-9-6-3)49-87-55(73)45-42-39-36-33-31-28-26-23-20-17-14-11-8-5-2/h28,31,52-54,58-72,76-84H,4-27,29-30,32-51H2,1-3H3,(H,85,86)/b31-28-. The zero-order valence-corrected chi connectivity index (χ0v) is 59.6. The van der Waals surface area contributed by atoms with Gasteiger partial charge >= 0.3 is 25.7 Å². The van der Waals surface area contributed by atoms with Crippen LogP contribution >= 0.6 is 7.82 Å². The molecular weight excluding hydrogens is 1270 g/mol. The van der Waals surface area contributed by atoms with E-state index in [4.69, 9.17) is 42.2 Å². The second-order valence-corrected chi connectivity index (χ2v) is 28.4. The molecule has 0 radical (unpaired) electrons. The van der Waals surface area contributed by atoms with Crippen LogP contribution in [0.5, 0.6) is 0 Å². The summed E-state index contributed by atoms with van der Waals surface area (Å²) in [7, 11) is -5.69. The maximum absolute atomic E-state index is 14.3. The number of unbranched alkanes of at least 4 members (excludes halogenated alkanes) is 35. The van der Waals surface area contributed by atoms with Crippen LogP contribution in [-0.2, 0) is 61.2 Å². The maximum Gasteiger partial charge on any atom is 0.472 e. The molecule has 1 saturated carbocycles. The van der Waals surface area contributed by atoms with Gasteiger partial charge in [-0.2, -0.15) is 0 Å². The first kappa shape index (κ1) is 87.9. The van der Waals surface area contributed by atoms with Gasteiger partial charge in [-0.1, -0.05) is 238 Å². The predicted octanol–water partition coefficient (Wildman–Crippen LogP) is 9.96.